The molecule has 0 heterocycles. The van der Waals surface area contributed by atoms with Crippen LogP contribution in [0, 0.1) is 0 Å². The van der Waals surface area contributed by atoms with Crippen LogP contribution in [-0.2, 0) is 9.53 Å². The Morgan fingerprint density at radius 1 is 1.15 bits per heavy atom. The van der Waals surface area contributed by atoms with Crippen molar-refractivity contribution in [2.75, 3.05) is 6.61 Å². The summed E-state index contributed by atoms with van der Waals surface area (Å²) in [5.74, 6) is 0.441. The number of carbonyl (C=O) groups excluding carboxylic acids is 1. The van der Waals surface area contributed by atoms with E-state index >= 15 is 0 Å². The van der Waals surface area contributed by atoms with Crippen molar-refractivity contribution < 1.29 is 19.4 Å². The topological polar surface area (TPSA) is 55.8 Å². The van der Waals surface area contributed by atoms with E-state index in [1.165, 1.54) is 6.08 Å². The van der Waals surface area contributed by atoms with Crippen LogP contribution < -0.4 is 4.74 Å². The number of rotatable bonds is 11. The van der Waals surface area contributed by atoms with Crippen LogP contribution in [0.4, 0.5) is 0 Å². The first kappa shape index (κ1) is 20.6. The van der Waals surface area contributed by atoms with E-state index in [9.17, 15) is 9.90 Å². The maximum atomic E-state index is 11.5. The molecule has 2 aromatic rings. The van der Waals surface area contributed by atoms with Crippen LogP contribution in [0.5, 0.6) is 11.5 Å². The maximum absolute atomic E-state index is 11.5. The number of phenolic OH excluding ortho intramolecular Hbond substituents is 1. The molecule has 1 N–H and O–H groups in total. The Morgan fingerprint density at radius 2 is 1.89 bits per heavy atom. The van der Waals surface area contributed by atoms with E-state index in [0.29, 0.717) is 12.4 Å². The fourth-order valence-electron chi connectivity index (χ4n) is 2.89. The lowest BCUT2D eigenvalue weighted by Crippen LogP contribution is -2.18. The van der Waals surface area contributed by atoms with Crippen molar-refractivity contribution in [2.24, 2.45) is 0 Å². The molecule has 1 atom stereocenters. The summed E-state index contributed by atoms with van der Waals surface area (Å²) >= 11 is 0. The molecule has 0 saturated heterocycles. The van der Waals surface area contributed by atoms with E-state index in [4.69, 9.17) is 9.47 Å². The number of ether oxygens (including phenoxy) is 2. The van der Waals surface area contributed by atoms with Gasteiger partial charge in [0.2, 0.25) is 0 Å². The molecule has 2 aromatic carbocycles. The fraction of sp³-hybridized carbons (Fsp3) is 0.348. The summed E-state index contributed by atoms with van der Waals surface area (Å²) in [7, 11) is 0. The molecule has 4 nitrogen and oxygen atoms in total. The number of benzene rings is 2. The quantitative estimate of drug-likeness (QED) is 0.323. The second-order valence-electron chi connectivity index (χ2n) is 6.44. The number of hydrogen-bond acceptors (Lipinski definition) is 4. The molecule has 0 spiro atoms. The number of aromatic hydroxyl groups is 1. The largest absolute Gasteiger partial charge is 0.508 e. The zero-order valence-corrected chi connectivity index (χ0v) is 15.9. The molecule has 2 rings (SSSR count). The smallest absolute Gasteiger partial charge is 0.330 e. The minimum atomic E-state index is -0.378. The Labute approximate surface area is 161 Å². The normalized spacial score (nSPS) is 11.6. The number of carbonyl (C=O) groups is 1. The van der Waals surface area contributed by atoms with E-state index < -0.39 is 0 Å². The molecular weight excluding hydrogens is 340 g/mol. The Hall–Kier alpha value is -2.75. The van der Waals surface area contributed by atoms with Crippen LogP contribution in [0.2, 0.25) is 0 Å². The minimum absolute atomic E-state index is 0.114. The van der Waals surface area contributed by atoms with Gasteiger partial charge in [0, 0.05) is 17.7 Å². The number of esters is 1. The highest BCUT2D eigenvalue weighted by Crippen LogP contribution is 2.33. The number of phenols is 1. The highest BCUT2D eigenvalue weighted by atomic mass is 16.5. The van der Waals surface area contributed by atoms with Crippen molar-refractivity contribution in [1.82, 2.24) is 0 Å². The molecule has 0 aliphatic carbocycles. The van der Waals surface area contributed by atoms with Crippen LogP contribution in [0.15, 0.2) is 61.2 Å². The maximum Gasteiger partial charge on any atom is 0.330 e. The van der Waals surface area contributed by atoms with Crippen molar-refractivity contribution >= 4 is 5.97 Å². The molecule has 0 amide bonds. The molecule has 0 bridgehead atoms. The monoisotopic (exact) mass is 368 g/mol. The second-order valence-corrected chi connectivity index (χ2v) is 6.44. The van der Waals surface area contributed by atoms with Crippen molar-refractivity contribution in [3.63, 3.8) is 0 Å². The van der Waals surface area contributed by atoms with Gasteiger partial charge >= 0.3 is 5.97 Å². The van der Waals surface area contributed by atoms with Gasteiger partial charge in [0.05, 0.1) is 6.61 Å². The van der Waals surface area contributed by atoms with Crippen LogP contribution in [0.25, 0.3) is 11.1 Å². The van der Waals surface area contributed by atoms with Gasteiger partial charge in [-0.05, 0) is 37.0 Å². The average Bonchev–Trinajstić information content (AvgIpc) is 2.69. The SMILES string of the molecule is C=CC(=O)OC(CCCC)CCCOc1cc(O)ccc1-c1ccccc1. The van der Waals surface area contributed by atoms with Gasteiger partial charge in [0.15, 0.2) is 0 Å². The molecule has 1 unspecified atom stereocenters. The molecule has 0 aliphatic rings. The van der Waals surface area contributed by atoms with Crippen molar-refractivity contribution in [2.45, 2.75) is 45.1 Å². The van der Waals surface area contributed by atoms with Crippen LogP contribution in [0.1, 0.15) is 39.0 Å². The molecule has 0 aliphatic heterocycles. The Morgan fingerprint density at radius 3 is 2.59 bits per heavy atom. The molecule has 144 valence electrons. The van der Waals surface area contributed by atoms with Gasteiger partial charge < -0.3 is 14.6 Å². The van der Waals surface area contributed by atoms with Gasteiger partial charge in [-0.3, -0.25) is 0 Å². The molecule has 0 radical (unpaired) electrons. The van der Waals surface area contributed by atoms with Crippen molar-refractivity contribution in [3.05, 3.63) is 61.2 Å². The molecule has 0 aromatic heterocycles. The third-order valence-corrected chi connectivity index (χ3v) is 4.31. The summed E-state index contributed by atoms with van der Waals surface area (Å²) in [6, 6.07) is 15.1. The third kappa shape index (κ3) is 6.81. The van der Waals surface area contributed by atoms with E-state index in [2.05, 4.69) is 13.5 Å². The van der Waals surface area contributed by atoms with E-state index in [1.54, 1.807) is 12.1 Å². The van der Waals surface area contributed by atoms with Crippen molar-refractivity contribution in [1.29, 1.82) is 0 Å². The van der Waals surface area contributed by atoms with Gasteiger partial charge in [0.1, 0.15) is 17.6 Å². The number of unbranched alkanes of at least 4 members (excludes halogenated alkanes) is 1. The average molecular weight is 368 g/mol. The first-order valence-electron chi connectivity index (χ1n) is 9.48. The van der Waals surface area contributed by atoms with Gasteiger partial charge in [-0.1, -0.05) is 56.7 Å². The standard InChI is InChI=1S/C23H28O4/c1-3-5-12-20(27-23(25)4-2)13-9-16-26-22-17-19(24)14-15-21(22)18-10-7-6-8-11-18/h4,6-8,10-11,14-15,17,20,24H,2-3,5,9,12-13,16H2,1H3. The molecule has 0 fully saturated rings. The highest BCUT2D eigenvalue weighted by Gasteiger charge is 2.13. The molecule has 27 heavy (non-hydrogen) atoms. The zero-order valence-electron chi connectivity index (χ0n) is 15.9. The zero-order chi connectivity index (χ0) is 19.5. The molecule has 0 saturated carbocycles. The predicted octanol–water partition coefficient (Wildman–Crippen LogP) is 5.51. The van der Waals surface area contributed by atoms with E-state index in [-0.39, 0.29) is 17.8 Å². The first-order chi connectivity index (χ1) is 13.1. The third-order valence-electron chi connectivity index (χ3n) is 4.31. The minimum Gasteiger partial charge on any atom is -0.508 e. The van der Waals surface area contributed by atoms with Gasteiger partial charge in [-0.25, -0.2) is 4.79 Å². The summed E-state index contributed by atoms with van der Waals surface area (Å²) in [6.07, 6.45) is 5.49. The summed E-state index contributed by atoms with van der Waals surface area (Å²) < 4.78 is 11.4. The summed E-state index contributed by atoms with van der Waals surface area (Å²) in [5.41, 5.74) is 1.97. The highest BCUT2D eigenvalue weighted by molar-refractivity contribution is 5.81. The Bertz CT molecular complexity index is 724. The Balaban J connectivity index is 1.94. The summed E-state index contributed by atoms with van der Waals surface area (Å²) in [4.78, 5) is 11.5. The van der Waals surface area contributed by atoms with Crippen LogP contribution >= 0.6 is 0 Å². The van der Waals surface area contributed by atoms with Gasteiger partial charge in [-0.15, -0.1) is 0 Å². The summed E-state index contributed by atoms with van der Waals surface area (Å²) in [5, 5.41) is 9.81. The number of hydrogen-bond donors (Lipinski definition) is 1. The Kier molecular flexibility index (Phi) is 8.43. The van der Waals surface area contributed by atoms with Crippen LogP contribution in [0.3, 0.4) is 0 Å². The van der Waals surface area contributed by atoms with Gasteiger partial charge in [-0.2, -0.15) is 0 Å². The summed E-state index contributed by atoms with van der Waals surface area (Å²) in [6.45, 7) is 6.05. The van der Waals surface area contributed by atoms with E-state index in [0.717, 1.165) is 43.2 Å². The van der Waals surface area contributed by atoms with Gasteiger partial charge in [0.25, 0.3) is 0 Å². The lowest BCUT2D eigenvalue weighted by atomic mass is 10.0. The lowest BCUT2D eigenvalue weighted by Gasteiger charge is -2.17. The van der Waals surface area contributed by atoms with Crippen molar-refractivity contribution in [3.8, 4) is 22.6 Å². The second kappa shape index (κ2) is 11.1. The predicted molar refractivity (Wildman–Crippen MR) is 108 cm³/mol. The fourth-order valence-corrected chi connectivity index (χ4v) is 2.89. The first-order valence-corrected chi connectivity index (χ1v) is 9.48. The molecule has 4 heteroatoms. The van der Waals surface area contributed by atoms with Crippen LogP contribution in [-0.4, -0.2) is 23.8 Å². The molecular formula is C23H28O4. The lowest BCUT2D eigenvalue weighted by molar-refractivity contribution is -0.143. The van der Waals surface area contributed by atoms with E-state index in [1.807, 2.05) is 36.4 Å².